The first-order chi connectivity index (χ1) is 11.9. The number of hydrogen-bond acceptors (Lipinski definition) is 5. The van der Waals surface area contributed by atoms with Crippen molar-refractivity contribution in [3.05, 3.63) is 53.4 Å². The fraction of sp³-hybridized carbons (Fsp3) is 0.389. The van der Waals surface area contributed by atoms with Gasteiger partial charge < -0.3 is 20.3 Å². The molecule has 1 aromatic carbocycles. The van der Waals surface area contributed by atoms with Crippen molar-refractivity contribution in [1.29, 1.82) is 0 Å². The van der Waals surface area contributed by atoms with Crippen LogP contribution in [0.3, 0.4) is 0 Å². The van der Waals surface area contributed by atoms with Gasteiger partial charge in [0, 0.05) is 25.5 Å². The lowest BCUT2D eigenvalue weighted by Gasteiger charge is -2.35. The van der Waals surface area contributed by atoms with E-state index in [2.05, 4.69) is 5.16 Å². The summed E-state index contributed by atoms with van der Waals surface area (Å²) >= 11 is 0. The molecule has 0 aliphatic carbocycles. The van der Waals surface area contributed by atoms with Crippen LogP contribution in [0, 0.1) is 6.92 Å². The number of rotatable bonds is 5. The number of benzene rings is 1. The molecule has 1 fully saturated rings. The zero-order chi connectivity index (χ0) is 18.0. The molecule has 3 N–H and O–H groups in total. The van der Waals surface area contributed by atoms with Crippen LogP contribution in [0.1, 0.15) is 23.4 Å². The molecule has 1 aliphatic heterocycles. The maximum Gasteiger partial charge on any atom is 0.243 e. The minimum Gasteiger partial charge on any atom is -0.391 e. The number of carbonyl (C=O) groups is 2. The molecule has 2 amide bonds. The van der Waals surface area contributed by atoms with Crippen molar-refractivity contribution in [2.75, 3.05) is 6.54 Å². The number of β-amino-alcohol motifs (C(OH)–C–C–N with tert-alkyl or cyclic N) is 1. The Morgan fingerprint density at radius 2 is 2.12 bits per heavy atom. The van der Waals surface area contributed by atoms with Gasteiger partial charge in [-0.2, -0.15) is 0 Å². The quantitative estimate of drug-likeness (QED) is 0.825. The summed E-state index contributed by atoms with van der Waals surface area (Å²) in [4.78, 5) is 26.5. The number of hydrogen-bond donors (Lipinski definition) is 2. The fourth-order valence-corrected chi connectivity index (χ4v) is 3.46. The fourth-order valence-electron chi connectivity index (χ4n) is 3.46. The zero-order valence-electron chi connectivity index (χ0n) is 14.0. The SMILES string of the molecule is Cc1cc(CC(=O)N2CC(O)CC2(Cc2ccccc2)C(N)=O)on1. The highest BCUT2D eigenvalue weighted by atomic mass is 16.5. The van der Waals surface area contributed by atoms with E-state index in [0.29, 0.717) is 11.5 Å². The average molecular weight is 343 g/mol. The molecule has 3 rings (SSSR count). The van der Waals surface area contributed by atoms with Gasteiger partial charge in [-0.3, -0.25) is 9.59 Å². The highest BCUT2D eigenvalue weighted by Crippen LogP contribution is 2.33. The Hall–Kier alpha value is -2.67. The first kappa shape index (κ1) is 17.2. The van der Waals surface area contributed by atoms with Crippen LogP contribution >= 0.6 is 0 Å². The summed E-state index contributed by atoms with van der Waals surface area (Å²) in [5, 5.41) is 13.9. The smallest absolute Gasteiger partial charge is 0.243 e. The summed E-state index contributed by atoms with van der Waals surface area (Å²) in [7, 11) is 0. The van der Waals surface area contributed by atoms with E-state index in [1.165, 1.54) is 4.90 Å². The second-order valence-corrected chi connectivity index (χ2v) is 6.53. The maximum absolute atomic E-state index is 12.8. The largest absolute Gasteiger partial charge is 0.391 e. The van der Waals surface area contributed by atoms with Crippen LogP contribution in [-0.4, -0.2) is 45.2 Å². The highest BCUT2D eigenvalue weighted by Gasteiger charge is 2.51. The third-order valence-corrected chi connectivity index (χ3v) is 4.58. The lowest BCUT2D eigenvalue weighted by molar-refractivity contribution is -0.143. The van der Waals surface area contributed by atoms with Crippen molar-refractivity contribution in [1.82, 2.24) is 10.1 Å². The van der Waals surface area contributed by atoms with Gasteiger partial charge in [-0.15, -0.1) is 0 Å². The summed E-state index contributed by atoms with van der Waals surface area (Å²) in [5.41, 5.74) is 6.00. The minimum absolute atomic E-state index is 0.0304. The molecule has 2 atom stereocenters. The van der Waals surface area contributed by atoms with Crippen LogP contribution in [0.15, 0.2) is 40.9 Å². The summed E-state index contributed by atoms with van der Waals surface area (Å²) in [5.74, 6) is -0.514. The normalized spacial score (nSPS) is 23.0. The van der Waals surface area contributed by atoms with Gasteiger partial charge in [0.2, 0.25) is 11.8 Å². The van der Waals surface area contributed by atoms with Crippen LogP contribution in [0.25, 0.3) is 0 Å². The van der Waals surface area contributed by atoms with Gasteiger partial charge in [0.25, 0.3) is 0 Å². The van der Waals surface area contributed by atoms with Gasteiger partial charge in [-0.05, 0) is 12.5 Å². The lowest BCUT2D eigenvalue weighted by Crippen LogP contribution is -2.57. The van der Waals surface area contributed by atoms with Gasteiger partial charge >= 0.3 is 0 Å². The van der Waals surface area contributed by atoms with Crippen molar-refractivity contribution in [3.8, 4) is 0 Å². The molecule has 132 valence electrons. The van der Waals surface area contributed by atoms with E-state index in [4.69, 9.17) is 10.3 Å². The van der Waals surface area contributed by atoms with Gasteiger partial charge in [0.15, 0.2) is 0 Å². The molecular weight excluding hydrogens is 322 g/mol. The van der Waals surface area contributed by atoms with E-state index in [0.717, 1.165) is 5.56 Å². The summed E-state index contributed by atoms with van der Waals surface area (Å²) in [6, 6.07) is 11.0. The van der Waals surface area contributed by atoms with Crippen molar-refractivity contribution in [2.45, 2.75) is 37.8 Å². The van der Waals surface area contributed by atoms with E-state index in [1.54, 1.807) is 13.0 Å². The third-order valence-electron chi connectivity index (χ3n) is 4.58. The van der Waals surface area contributed by atoms with Gasteiger partial charge in [-0.1, -0.05) is 35.5 Å². The number of carbonyl (C=O) groups excluding carboxylic acids is 2. The second-order valence-electron chi connectivity index (χ2n) is 6.53. The van der Waals surface area contributed by atoms with Crippen molar-refractivity contribution >= 4 is 11.8 Å². The Balaban J connectivity index is 1.89. The number of aliphatic hydroxyl groups excluding tert-OH is 1. The molecule has 7 heteroatoms. The van der Waals surface area contributed by atoms with Crippen LogP contribution in [-0.2, 0) is 22.4 Å². The lowest BCUT2D eigenvalue weighted by atomic mass is 9.86. The molecule has 7 nitrogen and oxygen atoms in total. The van der Waals surface area contributed by atoms with E-state index < -0.39 is 17.6 Å². The van der Waals surface area contributed by atoms with Crippen LogP contribution in [0.2, 0.25) is 0 Å². The molecule has 0 spiro atoms. The Labute approximate surface area is 145 Å². The topological polar surface area (TPSA) is 110 Å². The molecule has 2 aromatic rings. The van der Waals surface area contributed by atoms with E-state index in [9.17, 15) is 14.7 Å². The Bertz CT molecular complexity index is 774. The highest BCUT2D eigenvalue weighted by molar-refractivity contribution is 5.92. The Morgan fingerprint density at radius 3 is 2.72 bits per heavy atom. The Kier molecular flexibility index (Phi) is 4.59. The predicted molar refractivity (Wildman–Crippen MR) is 89.4 cm³/mol. The van der Waals surface area contributed by atoms with Gasteiger partial charge in [0.05, 0.1) is 18.2 Å². The second kappa shape index (κ2) is 6.68. The molecule has 1 saturated heterocycles. The van der Waals surface area contributed by atoms with E-state index >= 15 is 0 Å². The van der Waals surface area contributed by atoms with Crippen LogP contribution in [0.5, 0.6) is 0 Å². The number of likely N-dealkylation sites (tertiary alicyclic amines) is 1. The van der Waals surface area contributed by atoms with E-state index in [1.807, 2.05) is 30.3 Å². The number of aliphatic hydroxyl groups is 1. The molecule has 0 radical (unpaired) electrons. The number of aryl methyl sites for hydroxylation is 1. The first-order valence-electron chi connectivity index (χ1n) is 8.15. The van der Waals surface area contributed by atoms with Crippen molar-refractivity contribution in [3.63, 3.8) is 0 Å². The maximum atomic E-state index is 12.8. The van der Waals surface area contributed by atoms with Crippen LogP contribution < -0.4 is 5.73 Å². The minimum atomic E-state index is -1.24. The van der Waals surface area contributed by atoms with E-state index in [-0.39, 0.29) is 31.7 Å². The average Bonchev–Trinajstić information content (AvgIpc) is 3.12. The molecular formula is C18H21N3O4. The Morgan fingerprint density at radius 1 is 1.40 bits per heavy atom. The summed E-state index contributed by atoms with van der Waals surface area (Å²) in [6.07, 6.45) is -0.436. The molecule has 1 aliphatic rings. The number of nitrogens with two attached hydrogens (primary N) is 1. The monoisotopic (exact) mass is 343 g/mol. The first-order valence-corrected chi connectivity index (χ1v) is 8.15. The third kappa shape index (κ3) is 3.41. The molecule has 25 heavy (non-hydrogen) atoms. The molecule has 1 aromatic heterocycles. The molecule has 0 saturated carbocycles. The molecule has 0 bridgehead atoms. The van der Waals surface area contributed by atoms with Crippen molar-refractivity contribution in [2.24, 2.45) is 5.73 Å². The van der Waals surface area contributed by atoms with Crippen molar-refractivity contribution < 1.29 is 19.2 Å². The predicted octanol–water partition coefficient (Wildman–Crippen LogP) is 0.586. The zero-order valence-corrected chi connectivity index (χ0v) is 14.0. The number of amides is 2. The summed E-state index contributed by atoms with van der Waals surface area (Å²) in [6.45, 7) is 1.84. The number of primary amides is 1. The molecule has 2 heterocycles. The molecule has 2 unspecified atom stereocenters. The van der Waals surface area contributed by atoms with Gasteiger partial charge in [-0.25, -0.2) is 0 Å². The number of nitrogens with zero attached hydrogens (tertiary/aromatic N) is 2. The standard InChI is InChI=1S/C18H21N3O4/c1-12-7-15(25-20-12)8-16(23)21-11-14(22)10-18(21,17(19)24)9-13-5-3-2-4-6-13/h2-7,14,22H,8-11H2,1H3,(H2,19,24). The summed E-state index contributed by atoms with van der Waals surface area (Å²) < 4.78 is 5.09. The van der Waals surface area contributed by atoms with Crippen LogP contribution in [0.4, 0.5) is 0 Å². The number of aromatic nitrogens is 1. The van der Waals surface area contributed by atoms with Gasteiger partial charge in [0.1, 0.15) is 11.3 Å².